The second-order valence-corrected chi connectivity index (χ2v) is 2.61. The fourth-order valence-corrected chi connectivity index (χ4v) is 1.12. The first-order valence-electron chi connectivity index (χ1n) is 3.59. The average Bonchev–Trinajstić information content (AvgIpc) is 2.04. The van der Waals surface area contributed by atoms with Crippen LogP contribution in [0.25, 0.3) is 10.9 Å². The van der Waals surface area contributed by atoms with Crippen molar-refractivity contribution in [1.82, 2.24) is 4.98 Å². The Morgan fingerprint density at radius 2 is 2.27 bits per heavy atom. The lowest BCUT2D eigenvalue weighted by atomic mass is 10.1. The van der Waals surface area contributed by atoms with Crippen molar-refractivity contribution in [3.8, 4) is 0 Å². The standard InChI is InChI=1S/C10H8N/c1-8-4-5-9-3-2-6-11-10(9)7-8/h2,4-7H,1H3. The number of aromatic nitrogens is 1. The number of fused-ring (bicyclic) bond motifs is 1. The minimum absolute atomic E-state index is 1.02. The first-order valence-corrected chi connectivity index (χ1v) is 3.59. The molecule has 1 radical (unpaired) electrons. The van der Waals surface area contributed by atoms with Gasteiger partial charge in [-0.05, 0) is 30.7 Å². The van der Waals surface area contributed by atoms with Crippen LogP contribution in [-0.2, 0) is 0 Å². The summed E-state index contributed by atoms with van der Waals surface area (Å²) in [4.78, 5) is 4.21. The minimum atomic E-state index is 1.02. The third-order valence-electron chi connectivity index (χ3n) is 1.68. The van der Waals surface area contributed by atoms with Gasteiger partial charge < -0.3 is 0 Å². The Bertz CT molecular complexity index is 379. The van der Waals surface area contributed by atoms with Crippen LogP contribution in [0.1, 0.15) is 5.56 Å². The van der Waals surface area contributed by atoms with Gasteiger partial charge >= 0.3 is 0 Å². The Kier molecular flexibility index (Phi) is 1.35. The molecule has 0 atom stereocenters. The number of rotatable bonds is 0. The van der Waals surface area contributed by atoms with Crippen LogP contribution in [0.2, 0.25) is 0 Å². The Hall–Kier alpha value is -1.37. The summed E-state index contributed by atoms with van der Waals surface area (Å²) in [7, 11) is 0. The van der Waals surface area contributed by atoms with Gasteiger partial charge in [-0.15, -0.1) is 0 Å². The van der Waals surface area contributed by atoms with Crippen LogP contribution in [0.15, 0.2) is 30.5 Å². The number of hydrogen-bond donors (Lipinski definition) is 0. The number of hydrogen-bond acceptors (Lipinski definition) is 1. The largest absolute Gasteiger partial charge is 0.256 e. The molecule has 11 heavy (non-hydrogen) atoms. The molecule has 1 heteroatoms. The SMILES string of the molecule is Cc1ccc2[c]ccnc2c1. The average molecular weight is 142 g/mol. The lowest BCUT2D eigenvalue weighted by molar-refractivity contribution is 1.38. The zero-order valence-corrected chi connectivity index (χ0v) is 6.33. The van der Waals surface area contributed by atoms with Crippen molar-refractivity contribution in [2.45, 2.75) is 6.92 Å². The zero-order chi connectivity index (χ0) is 7.68. The summed E-state index contributed by atoms with van der Waals surface area (Å²) in [5.41, 5.74) is 2.26. The van der Waals surface area contributed by atoms with Gasteiger partial charge in [-0.3, -0.25) is 4.98 Å². The maximum Gasteiger partial charge on any atom is 0.0710 e. The molecule has 0 aliphatic carbocycles. The number of pyridine rings is 1. The van der Waals surface area contributed by atoms with E-state index in [-0.39, 0.29) is 0 Å². The fourth-order valence-electron chi connectivity index (χ4n) is 1.12. The highest BCUT2D eigenvalue weighted by Gasteiger charge is 1.91. The molecular weight excluding hydrogens is 134 g/mol. The van der Waals surface area contributed by atoms with E-state index in [2.05, 4.69) is 30.1 Å². The van der Waals surface area contributed by atoms with Gasteiger partial charge in [-0.1, -0.05) is 12.1 Å². The number of benzene rings is 1. The molecule has 2 rings (SSSR count). The lowest BCUT2D eigenvalue weighted by Gasteiger charge is -1.95. The normalized spacial score (nSPS) is 10.3. The molecule has 0 aliphatic heterocycles. The van der Waals surface area contributed by atoms with E-state index >= 15 is 0 Å². The molecule has 2 aromatic rings. The molecule has 0 amide bonds. The molecule has 0 unspecified atom stereocenters. The Balaban J connectivity index is 2.83. The van der Waals surface area contributed by atoms with Gasteiger partial charge in [0, 0.05) is 11.6 Å². The van der Waals surface area contributed by atoms with Gasteiger partial charge in [0.25, 0.3) is 0 Å². The van der Waals surface area contributed by atoms with E-state index in [4.69, 9.17) is 0 Å². The Morgan fingerprint density at radius 3 is 3.18 bits per heavy atom. The van der Waals surface area contributed by atoms with Crippen LogP contribution in [0, 0.1) is 13.0 Å². The second kappa shape index (κ2) is 2.35. The minimum Gasteiger partial charge on any atom is -0.256 e. The summed E-state index contributed by atoms with van der Waals surface area (Å²) < 4.78 is 0. The summed E-state index contributed by atoms with van der Waals surface area (Å²) in [6.45, 7) is 2.06. The summed E-state index contributed by atoms with van der Waals surface area (Å²) in [6.07, 6.45) is 1.77. The van der Waals surface area contributed by atoms with Gasteiger partial charge in [0.2, 0.25) is 0 Å². The van der Waals surface area contributed by atoms with Gasteiger partial charge in [0.15, 0.2) is 0 Å². The summed E-state index contributed by atoms with van der Waals surface area (Å²) in [5, 5.41) is 1.08. The molecule has 0 spiro atoms. The van der Waals surface area contributed by atoms with Crippen LogP contribution in [0.5, 0.6) is 0 Å². The van der Waals surface area contributed by atoms with Crippen LogP contribution >= 0.6 is 0 Å². The van der Waals surface area contributed by atoms with E-state index in [1.807, 2.05) is 12.1 Å². The van der Waals surface area contributed by atoms with E-state index in [0.29, 0.717) is 0 Å². The lowest BCUT2D eigenvalue weighted by Crippen LogP contribution is -1.78. The molecule has 0 N–H and O–H groups in total. The van der Waals surface area contributed by atoms with Crippen molar-refractivity contribution < 1.29 is 0 Å². The molecule has 0 saturated heterocycles. The highest BCUT2D eigenvalue weighted by atomic mass is 14.6. The molecule has 53 valence electrons. The summed E-state index contributed by atoms with van der Waals surface area (Å²) in [5.74, 6) is 0. The second-order valence-electron chi connectivity index (χ2n) is 2.61. The molecule has 1 aromatic heterocycles. The van der Waals surface area contributed by atoms with Crippen molar-refractivity contribution in [3.05, 3.63) is 42.1 Å². The highest BCUT2D eigenvalue weighted by Crippen LogP contribution is 2.11. The predicted octanol–water partition coefficient (Wildman–Crippen LogP) is 2.34. The molecule has 0 bridgehead atoms. The molecule has 1 heterocycles. The smallest absolute Gasteiger partial charge is 0.0710 e. The van der Waals surface area contributed by atoms with Crippen molar-refractivity contribution in [1.29, 1.82) is 0 Å². The topological polar surface area (TPSA) is 12.9 Å². The van der Waals surface area contributed by atoms with Crippen molar-refractivity contribution in [2.75, 3.05) is 0 Å². The number of nitrogens with zero attached hydrogens (tertiary/aromatic N) is 1. The molecule has 1 aromatic carbocycles. The Morgan fingerprint density at radius 1 is 1.36 bits per heavy atom. The predicted molar refractivity (Wildman–Crippen MR) is 45.3 cm³/mol. The first-order chi connectivity index (χ1) is 5.36. The van der Waals surface area contributed by atoms with Gasteiger partial charge in [0.1, 0.15) is 0 Å². The number of aryl methyl sites for hydroxylation is 1. The van der Waals surface area contributed by atoms with Gasteiger partial charge in [-0.25, -0.2) is 0 Å². The van der Waals surface area contributed by atoms with Crippen molar-refractivity contribution >= 4 is 10.9 Å². The zero-order valence-electron chi connectivity index (χ0n) is 6.33. The third kappa shape index (κ3) is 1.09. The molecule has 1 nitrogen and oxygen atoms in total. The van der Waals surface area contributed by atoms with Gasteiger partial charge in [0.05, 0.1) is 5.52 Å². The van der Waals surface area contributed by atoms with E-state index in [0.717, 1.165) is 10.9 Å². The molecule has 0 saturated carbocycles. The van der Waals surface area contributed by atoms with E-state index < -0.39 is 0 Å². The molecule has 0 aliphatic rings. The first kappa shape index (κ1) is 6.35. The van der Waals surface area contributed by atoms with Crippen molar-refractivity contribution in [2.24, 2.45) is 0 Å². The third-order valence-corrected chi connectivity index (χ3v) is 1.68. The van der Waals surface area contributed by atoms with Gasteiger partial charge in [-0.2, -0.15) is 0 Å². The highest BCUT2D eigenvalue weighted by molar-refractivity contribution is 5.78. The van der Waals surface area contributed by atoms with Crippen LogP contribution < -0.4 is 0 Å². The molecule has 0 fully saturated rings. The van der Waals surface area contributed by atoms with E-state index in [1.165, 1.54) is 5.56 Å². The summed E-state index contributed by atoms with van der Waals surface area (Å²) >= 11 is 0. The van der Waals surface area contributed by atoms with Crippen LogP contribution in [0.3, 0.4) is 0 Å². The van der Waals surface area contributed by atoms with Crippen LogP contribution in [0.4, 0.5) is 0 Å². The van der Waals surface area contributed by atoms with E-state index in [1.54, 1.807) is 6.20 Å². The van der Waals surface area contributed by atoms with E-state index in [9.17, 15) is 0 Å². The summed E-state index contributed by atoms with van der Waals surface area (Å²) in [6, 6.07) is 11.1. The van der Waals surface area contributed by atoms with Crippen LogP contribution in [-0.4, -0.2) is 4.98 Å². The Labute approximate surface area is 65.7 Å². The monoisotopic (exact) mass is 142 g/mol. The maximum atomic E-state index is 4.21. The van der Waals surface area contributed by atoms with Crippen molar-refractivity contribution in [3.63, 3.8) is 0 Å². The fraction of sp³-hybridized carbons (Fsp3) is 0.100. The molecular formula is C10H8N. The quantitative estimate of drug-likeness (QED) is 0.550. The maximum absolute atomic E-state index is 4.21.